The Morgan fingerprint density at radius 2 is 0.857 bits per heavy atom. The Bertz CT molecular complexity index is 3430. The van der Waals surface area contributed by atoms with E-state index in [0.717, 1.165) is 0 Å². The molecule has 13 rings (SSSR count). The van der Waals surface area contributed by atoms with Crippen molar-refractivity contribution in [2.24, 2.45) is 0 Å². The van der Waals surface area contributed by atoms with Crippen LogP contribution >= 0.6 is 0 Å². The maximum Gasteiger partial charge on any atom is 0.0754 e. The van der Waals surface area contributed by atoms with Crippen LogP contribution in [-0.2, 0) is 5.41 Å². The van der Waals surface area contributed by atoms with Gasteiger partial charge in [-0.25, -0.2) is 0 Å². The van der Waals surface area contributed by atoms with Gasteiger partial charge in [-0.3, -0.25) is 0 Å². The SMILES string of the molecule is c1ccc2c(c1)-c1ccc(-c3c4ccccc4c(-c4ccc5ccccc5c4)c4ccccc34)cc1C21c2ccccc2-n2c3ccccc3c3cccc1c32. The Labute approximate surface area is 324 Å². The summed E-state index contributed by atoms with van der Waals surface area (Å²) in [5.74, 6) is 0. The van der Waals surface area contributed by atoms with Crippen LogP contribution in [0, 0.1) is 0 Å². The minimum Gasteiger partial charge on any atom is -0.309 e. The molecular formula is C55H33N. The summed E-state index contributed by atoms with van der Waals surface area (Å²) < 4.78 is 2.53. The maximum atomic E-state index is 2.55. The third-order valence-corrected chi connectivity index (χ3v) is 13.0. The molecule has 0 bridgehead atoms. The van der Waals surface area contributed by atoms with E-state index in [1.165, 1.54) is 115 Å². The van der Waals surface area contributed by atoms with Crippen LogP contribution in [-0.4, -0.2) is 4.57 Å². The monoisotopic (exact) mass is 707 g/mol. The van der Waals surface area contributed by atoms with Crippen LogP contribution in [0.1, 0.15) is 22.3 Å². The van der Waals surface area contributed by atoms with Crippen molar-refractivity contribution >= 4 is 54.1 Å². The van der Waals surface area contributed by atoms with E-state index in [1.54, 1.807) is 0 Å². The quantitative estimate of drug-likeness (QED) is 0.158. The van der Waals surface area contributed by atoms with Crippen molar-refractivity contribution in [3.05, 3.63) is 222 Å². The predicted molar refractivity (Wildman–Crippen MR) is 235 cm³/mol. The lowest BCUT2D eigenvalue weighted by Crippen LogP contribution is -2.33. The Morgan fingerprint density at radius 3 is 1.62 bits per heavy atom. The number of aromatic nitrogens is 1. The van der Waals surface area contributed by atoms with Crippen molar-refractivity contribution in [2.45, 2.75) is 5.41 Å². The second-order valence-corrected chi connectivity index (χ2v) is 15.5. The van der Waals surface area contributed by atoms with Gasteiger partial charge >= 0.3 is 0 Å². The highest BCUT2D eigenvalue weighted by Crippen LogP contribution is 2.61. The molecule has 258 valence electrons. The maximum absolute atomic E-state index is 2.55. The topological polar surface area (TPSA) is 4.93 Å². The molecule has 56 heavy (non-hydrogen) atoms. The van der Waals surface area contributed by atoms with E-state index in [2.05, 4.69) is 205 Å². The number of para-hydroxylation sites is 3. The zero-order valence-corrected chi connectivity index (χ0v) is 30.5. The van der Waals surface area contributed by atoms with Crippen LogP contribution in [0.3, 0.4) is 0 Å². The second-order valence-electron chi connectivity index (χ2n) is 15.5. The average Bonchev–Trinajstić information content (AvgIpc) is 3.75. The largest absolute Gasteiger partial charge is 0.309 e. The molecule has 0 saturated carbocycles. The first-order chi connectivity index (χ1) is 27.8. The molecule has 0 fully saturated rings. The molecule has 0 N–H and O–H groups in total. The molecule has 11 aromatic rings. The molecule has 1 nitrogen and oxygen atoms in total. The summed E-state index contributed by atoms with van der Waals surface area (Å²) in [6, 6.07) is 75.2. The summed E-state index contributed by atoms with van der Waals surface area (Å²) in [6.07, 6.45) is 0. The number of benzene rings is 10. The second kappa shape index (κ2) is 10.9. The third-order valence-electron chi connectivity index (χ3n) is 13.0. The molecule has 2 aliphatic rings. The number of nitrogens with zero attached hydrogens (tertiary/aromatic N) is 1. The lowest BCUT2D eigenvalue weighted by atomic mass is 9.65. The summed E-state index contributed by atoms with van der Waals surface area (Å²) in [5.41, 5.74) is 16.3. The molecule has 0 radical (unpaired) electrons. The van der Waals surface area contributed by atoms with Crippen LogP contribution < -0.4 is 0 Å². The minimum atomic E-state index is -0.501. The fourth-order valence-electron chi connectivity index (χ4n) is 10.8. The number of hydrogen-bond acceptors (Lipinski definition) is 0. The van der Waals surface area contributed by atoms with E-state index >= 15 is 0 Å². The summed E-state index contributed by atoms with van der Waals surface area (Å²) in [6.45, 7) is 0. The van der Waals surface area contributed by atoms with Gasteiger partial charge in [-0.1, -0.05) is 176 Å². The molecule has 0 amide bonds. The van der Waals surface area contributed by atoms with Gasteiger partial charge in [0, 0.05) is 10.8 Å². The average molecular weight is 708 g/mol. The summed E-state index contributed by atoms with van der Waals surface area (Å²) in [4.78, 5) is 0. The van der Waals surface area contributed by atoms with Crippen molar-refractivity contribution in [1.29, 1.82) is 0 Å². The Balaban J connectivity index is 1.15. The molecule has 1 aromatic heterocycles. The molecule has 1 atom stereocenters. The van der Waals surface area contributed by atoms with Crippen molar-refractivity contribution < 1.29 is 0 Å². The highest BCUT2D eigenvalue weighted by molar-refractivity contribution is 6.22. The first-order valence-electron chi connectivity index (χ1n) is 19.6. The molecule has 1 unspecified atom stereocenters. The normalized spacial score (nSPS) is 15.2. The highest BCUT2D eigenvalue weighted by Gasteiger charge is 2.50. The fourth-order valence-corrected chi connectivity index (χ4v) is 10.8. The standard InChI is InChI=1S/C55H33N/c1-2-15-35-32-36(29-28-34(35)14-1)52-41-18-3-5-20-43(41)53(44-21-6-4-19-42(44)52)37-30-31-39-38-16-7-9-23-46(38)55(49(39)33-37)47-24-10-12-27-51(47)56-50-26-11-8-17-40(50)45-22-13-25-48(55)54(45)56/h1-33H. The summed E-state index contributed by atoms with van der Waals surface area (Å²) in [7, 11) is 0. The van der Waals surface area contributed by atoms with E-state index in [4.69, 9.17) is 0 Å². The molecule has 2 heterocycles. The zero-order valence-electron chi connectivity index (χ0n) is 30.5. The van der Waals surface area contributed by atoms with E-state index in [1.807, 2.05) is 0 Å². The molecule has 0 saturated heterocycles. The fraction of sp³-hybridized carbons (Fsp3) is 0.0182. The van der Waals surface area contributed by atoms with Crippen LogP contribution in [0.25, 0.3) is 93.2 Å². The van der Waals surface area contributed by atoms with E-state index in [9.17, 15) is 0 Å². The first kappa shape index (κ1) is 30.1. The van der Waals surface area contributed by atoms with Gasteiger partial charge < -0.3 is 4.57 Å². The molecule has 1 aliphatic heterocycles. The lowest BCUT2D eigenvalue weighted by molar-refractivity contribution is 0.749. The number of rotatable bonds is 2. The minimum absolute atomic E-state index is 0.501. The van der Waals surface area contributed by atoms with Gasteiger partial charge in [0.05, 0.1) is 22.1 Å². The van der Waals surface area contributed by atoms with Gasteiger partial charge in [0.25, 0.3) is 0 Å². The molecular weight excluding hydrogens is 675 g/mol. The molecule has 10 aromatic carbocycles. The summed E-state index contributed by atoms with van der Waals surface area (Å²) >= 11 is 0. The van der Waals surface area contributed by atoms with Gasteiger partial charge in [0.1, 0.15) is 0 Å². The van der Waals surface area contributed by atoms with Crippen molar-refractivity contribution in [3.8, 4) is 39.1 Å². The van der Waals surface area contributed by atoms with Crippen molar-refractivity contribution in [1.82, 2.24) is 4.57 Å². The Morgan fingerprint density at radius 1 is 0.321 bits per heavy atom. The van der Waals surface area contributed by atoms with Gasteiger partial charge in [0.15, 0.2) is 0 Å². The van der Waals surface area contributed by atoms with Gasteiger partial charge in [-0.05, 0) is 112 Å². The first-order valence-corrected chi connectivity index (χ1v) is 19.6. The zero-order chi connectivity index (χ0) is 36.5. The van der Waals surface area contributed by atoms with Gasteiger partial charge in [-0.15, -0.1) is 0 Å². The Kier molecular flexibility index (Phi) is 5.89. The van der Waals surface area contributed by atoms with Crippen molar-refractivity contribution in [2.75, 3.05) is 0 Å². The van der Waals surface area contributed by atoms with Gasteiger partial charge in [0.2, 0.25) is 0 Å². The molecule has 1 aliphatic carbocycles. The molecule has 1 spiro atoms. The van der Waals surface area contributed by atoms with Crippen LogP contribution in [0.5, 0.6) is 0 Å². The van der Waals surface area contributed by atoms with Gasteiger partial charge in [-0.2, -0.15) is 0 Å². The lowest BCUT2D eigenvalue weighted by Gasteiger charge is -2.39. The predicted octanol–water partition coefficient (Wildman–Crippen LogP) is 14.3. The number of hydrogen-bond donors (Lipinski definition) is 0. The van der Waals surface area contributed by atoms with Crippen LogP contribution in [0.15, 0.2) is 200 Å². The summed E-state index contributed by atoms with van der Waals surface area (Å²) in [5, 5.41) is 10.2. The van der Waals surface area contributed by atoms with E-state index in [-0.39, 0.29) is 0 Å². The highest BCUT2D eigenvalue weighted by atomic mass is 15.0. The van der Waals surface area contributed by atoms with Crippen molar-refractivity contribution in [3.63, 3.8) is 0 Å². The van der Waals surface area contributed by atoms with E-state index in [0.29, 0.717) is 0 Å². The van der Waals surface area contributed by atoms with Crippen LogP contribution in [0.4, 0.5) is 0 Å². The van der Waals surface area contributed by atoms with Crippen LogP contribution in [0.2, 0.25) is 0 Å². The molecule has 1 heteroatoms. The smallest absolute Gasteiger partial charge is 0.0754 e. The Hall–Kier alpha value is -7.22. The number of fused-ring (bicyclic) bond motifs is 15. The van der Waals surface area contributed by atoms with E-state index < -0.39 is 5.41 Å². The third kappa shape index (κ3) is 3.70.